The number of benzene rings is 1. The van der Waals surface area contributed by atoms with E-state index in [9.17, 15) is 4.79 Å². The molecule has 3 aliphatic rings. The number of fused-ring (bicyclic) bond motifs is 1. The van der Waals surface area contributed by atoms with Crippen LogP contribution in [0.4, 0.5) is 0 Å². The molecule has 148 valence electrons. The zero-order valence-electron chi connectivity index (χ0n) is 16.9. The van der Waals surface area contributed by atoms with Crippen molar-refractivity contribution in [3.8, 4) is 5.75 Å². The van der Waals surface area contributed by atoms with Crippen LogP contribution in [-0.2, 0) is 17.6 Å². The van der Waals surface area contributed by atoms with Gasteiger partial charge >= 0.3 is 0 Å². The number of nitrogens with one attached hydrogen (secondary N) is 2. The summed E-state index contributed by atoms with van der Waals surface area (Å²) in [6, 6.07) is 6.83. The standard InChI is InChI=1S/C22H33N3O2/c1-15-14-23-24-20(15)17-9-11-25(12-10-17)21(26)22(2,3)27-19-8-7-16-5-4-6-18(16)13-19/h7-8,13,15,17,20,23-24H,4-6,9-12,14H2,1-3H3. The van der Waals surface area contributed by atoms with Crippen molar-refractivity contribution < 1.29 is 9.53 Å². The molecule has 2 unspecified atom stereocenters. The Bertz CT molecular complexity index is 695. The first-order chi connectivity index (χ1) is 12.9. The average molecular weight is 372 g/mol. The normalized spacial score (nSPS) is 26.3. The Morgan fingerprint density at radius 1 is 1.19 bits per heavy atom. The Morgan fingerprint density at radius 3 is 2.63 bits per heavy atom. The first kappa shape index (κ1) is 18.8. The van der Waals surface area contributed by atoms with Crippen LogP contribution in [0.2, 0.25) is 0 Å². The predicted molar refractivity (Wildman–Crippen MR) is 107 cm³/mol. The molecule has 1 amide bonds. The summed E-state index contributed by atoms with van der Waals surface area (Å²) in [5, 5.41) is 0. The van der Waals surface area contributed by atoms with Gasteiger partial charge in [-0.05, 0) is 81.0 Å². The van der Waals surface area contributed by atoms with Crippen LogP contribution in [0.15, 0.2) is 18.2 Å². The molecule has 2 heterocycles. The van der Waals surface area contributed by atoms with Gasteiger partial charge in [-0.1, -0.05) is 13.0 Å². The number of likely N-dealkylation sites (tertiary alicyclic amines) is 1. The second-order valence-electron chi connectivity index (χ2n) is 9.05. The molecule has 5 nitrogen and oxygen atoms in total. The van der Waals surface area contributed by atoms with Gasteiger partial charge in [0.05, 0.1) is 0 Å². The average Bonchev–Trinajstić information content (AvgIpc) is 3.29. The maximum Gasteiger partial charge on any atom is 0.266 e. The highest BCUT2D eigenvalue weighted by atomic mass is 16.5. The van der Waals surface area contributed by atoms with Crippen LogP contribution in [0.5, 0.6) is 5.75 Å². The molecule has 1 aliphatic carbocycles. The van der Waals surface area contributed by atoms with Crippen molar-refractivity contribution in [3.63, 3.8) is 0 Å². The highest BCUT2D eigenvalue weighted by Gasteiger charge is 2.39. The van der Waals surface area contributed by atoms with Gasteiger partial charge in [0, 0.05) is 25.7 Å². The maximum atomic E-state index is 13.1. The van der Waals surface area contributed by atoms with Gasteiger partial charge in [0.1, 0.15) is 5.75 Å². The molecule has 2 N–H and O–H groups in total. The topological polar surface area (TPSA) is 53.6 Å². The molecule has 5 heteroatoms. The molecule has 1 aromatic carbocycles. The lowest BCUT2D eigenvalue weighted by Crippen LogP contribution is -2.53. The van der Waals surface area contributed by atoms with Gasteiger partial charge in [-0.2, -0.15) is 0 Å². The summed E-state index contributed by atoms with van der Waals surface area (Å²) < 4.78 is 6.17. The van der Waals surface area contributed by atoms with Crippen molar-refractivity contribution in [2.75, 3.05) is 19.6 Å². The van der Waals surface area contributed by atoms with E-state index in [-0.39, 0.29) is 5.91 Å². The fraction of sp³-hybridized carbons (Fsp3) is 0.682. The molecule has 1 aromatic rings. The fourth-order valence-corrected chi connectivity index (χ4v) is 4.98. The second kappa shape index (κ2) is 7.44. The number of ether oxygens (including phenoxy) is 1. The first-order valence-corrected chi connectivity index (χ1v) is 10.5. The molecule has 0 spiro atoms. The zero-order valence-corrected chi connectivity index (χ0v) is 16.9. The largest absolute Gasteiger partial charge is 0.478 e. The summed E-state index contributed by atoms with van der Waals surface area (Å²) >= 11 is 0. The molecule has 2 saturated heterocycles. The number of piperidine rings is 1. The number of hydrazine groups is 1. The van der Waals surface area contributed by atoms with Gasteiger partial charge in [0.2, 0.25) is 0 Å². The van der Waals surface area contributed by atoms with Crippen LogP contribution in [0.3, 0.4) is 0 Å². The van der Waals surface area contributed by atoms with E-state index in [4.69, 9.17) is 4.74 Å². The number of amides is 1. The molecular formula is C22H33N3O2. The summed E-state index contributed by atoms with van der Waals surface area (Å²) in [6.45, 7) is 8.78. The van der Waals surface area contributed by atoms with E-state index < -0.39 is 5.60 Å². The smallest absolute Gasteiger partial charge is 0.266 e. The summed E-state index contributed by atoms with van der Waals surface area (Å²) in [6.07, 6.45) is 5.63. The summed E-state index contributed by atoms with van der Waals surface area (Å²) in [4.78, 5) is 15.1. The van der Waals surface area contributed by atoms with Crippen LogP contribution in [0.25, 0.3) is 0 Å². The lowest BCUT2D eigenvalue weighted by atomic mass is 9.84. The molecule has 0 radical (unpaired) electrons. The minimum atomic E-state index is -0.833. The molecule has 2 fully saturated rings. The Labute approximate surface area is 162 Å². The van der Waals surface area contributed by atoms with E-state index in [1.807, 2.05) is 24.8 Å². The highest BCUT2D eigenvalue weighted by molar-refractivity contribution is 5.85. The van der Waals surface area contributed by atoms with Crippen molar-refractivity contribution in [1.29, 1.82) is 0 Å². The quantitative estimate of drug-likeness (QED) is 0.854. The molecule has 27 heavy (non-hydrogen) atoms. The highest BCUT2D eigenvalue weighted by Crippen LogP contribution is 2.30. The van der Waals surface area contributed by atoms with Crippen molar-refractivity contribution in [2.45, 2.75) is 64.5 Å². The summed E-state index contributed by atoms with van der Waals surface area (Å²) in [5.41, 5.74) is 8.67. The van der Waals surface area contributed by atoms with Gasteiger partial charge in [0.15, 0.2) is 5.60 Å². The second-order valence-corrected chi connectivity index (χ2v) is 9.05. The molecule has 0 saturated carbocycles. The number of rotatable bonds is 4. The van der Waals surface area contributed by atoms with Crippen LogP contribution >= 0.6 is 0 Å². The molecule has 2 atom stereocenters. The lowest BCUT2D eigenvalue weighted by Gasteiger charge is -2.39. The number of hydrogen-bond donors (Lipinski definition) is 2. The van der Waals surface area contributed by atoms with E-state index in [0.29, 0.717) is 17.9 Å². The van der Waals surface area contributed by atoms with E-state index >= 15 is 0 Å². The summed E-state index contributed by atoms with van der Waals surface area (Å²) in [7, 11) is 0. The molecular weight excluding hydrogens is 338 g/mol. The van der Waals surface area contributed by atoms with Gasteiger partial charge in [-0.25, -0.2) is 0 Å². The third-order valence-electron chi connectivity index (χ3n) is 6.60. The third-order valence-corrected chi connectivity index (χ3v) is 6.60. The maximum absolute atomic E-state index is 13.1. The van der Waals surface area contributed by atoms with Crippen molar-refractivity contribution >= 4 is 5.91 Å². The number of nitrogens with zero attached hydrogens (tertiary/aromatic N) is 1. The molecule has 4 rings (SSSR count). The van der Waals surface area contributed by atoms with Gasteiger partial charge < -0.3 is 9.64 Å². The van der Waals surface area contributed by atoms with E-state index in [0.717, 1.165) is 51.1 Å². The number of carbonyl (C=O) groups is 1. The number of aryl methyl sites for hydroxylation is 2. The van der Waals surface area contributed by atoms with E-state index in [1.54, 1.807) is 0 Å². The minimum Gasteiger partial charge on any atom is -0.478 e. The van der Waals surface area contributed by atoms with E-state index in [2.05, 4.69) is 29.9 Å². The molecule has 0 bridgehead atoms. The Hall–Kier alpha value is -1.59. The van der Waals surface area contributed by atoms with Gasteiger partial charge in [-0.3, -0.25) is 15.6 Å². The number of carbonyl (C=O) groups excluding carboxylic acids is 1. The SMILES string of the molecule is CC1CNNC1C1CCN(C(=O)C(C)(C)Oc2ccc3c(c2)CCC3)CC1. The van der Waals surface area contributed by atoms with Crippen LogP contribution < -0.4 is 15.6 Å². The predicted octanol–water partition coefficient (Wildman–Crippen LogP) is 2.68. The molecule has 0 aromatic heterocycles. The van der Waals surface area contributed by atoms with Crippen molar-refractivity contribution in [3.05, 3.63) is 29.3 Å². The Morgan fingerprint density at radius 2 is 1.93 bits per heavy atom. The summed E-state index contributed by atoms with van der Waals surface area (Å²) in [5.74, 6) is 2.21. The number of hydrogen-bond acceptors (Lipinski definition) is 4. The van der Waals surface area contributed by atoms with E-state index in [1.165, 1.54) is 17.5 Å². The van der Waals surface area contributed by atoms with Crippen molar-refractivity contribution in [1.82, 2.24) is 15.8 Å². The Kier molecular flexibility index (Phi) is 5.17. The van der Waals surface area contributed by atoms with Crippen LogP contribution in [-0.4, -0.2) is 42.1 Å². The van der Waals surface area contributed by atoms with Crippen molar-refractivity contribution in [2.24, 2.45) is 11.8 Å². The molecule has 2 aliphatic heterocycles. The van der Waals surface area contributed by atoms with Crippen LogP contribution in [0.1, 0.15) is 51.2 Å². The minimum absolute atomic E-state index is 0.104. The first-order valence-electron chi connectivity index (χ1n) is 10.5. The van der Waals surface area contributed by atoms with Gasteiger partial charge in [-0.15, -0.1) is 0 Å². The fourth-order valence-electron chi connectivity index (χ4n) is 4.98. The monoisotopic (exact) mass is 371 g/mol. The van der Waals surface area contributed by atoms with Gasteiger partial charge in [0.25, 0.3) is 5.91 Å². The van der Waals surface area contributed by atoms with Crippen LogP contribution in [0, 0.1) is 11.8 Å². The lowest BCUT2D eigenvalue weighted by molar-refractivity contribution is -0.147. The third kappa shape index (κ3) is 3.85. The Balaban J connectivity index is 1.35. The zero-order chi connectivity index (χ0) is 19.0.